The van der Waals surface area contributed by atoms with E-state index in [1.54, 1.807) is 0 Å². The molecule has 1 aliphatic rings. The van der Waals surface area contributed by atoms with E-state index in [1.165, 1.54) is 19.3 Å². The van der Waals surface area contributed by atoms with Gasteiger partial charge in [0.1, 0.15) is 11.4 Å². The minimum Gasteiger partial charge on any atom is -0.368 e. The monoisotopic (exact) mass is 292 g/mol. The number of ether oxygens (including phenoxy) is 1. The van der Waals surface area contributed by atoms with E-state index in [9.17, 15) is 0 Å². The number of nitrogens with zero attached hydrogens (tertiary/aromatic N) is 3. The van der Waals surface area contributed by atoms with E-state index in [0.29, 0.717) is 24.3 Å². The summed E-state index contributed by atoms with van der Waals surface area (Å²) in [6.45, 7) is 6.87. The molecule has 1 fully saturated rings. The zero-order valence-corrected chi connectivity index (χ0v) is 13.6. The van der Waals surface area contributed by atoms with E-state index in [4.69, 9.17) is 15.5 Å². The van der Waals surface area contributed by atoms with Gasteiger partial charge in [-0.05, 0) is 32.6 Å². The molecule has 2 rings (SSSR count). The lowest BCUT2D eigenvalue weighted by Gasteiger charge is -2.30. The lowest BCUT2D eigenvalue weighted by atomic mass is 9.88. The van der Waals surface area contributed by atoms with Crippen LogP contribution in [0.25, 0.3) is 0 Å². The van der Waals surface area contributed by atoms with Gasteiger partial charge in [-0.25, -0.2) is 4.98 Å². The molecule has 1 aromatic heterocycles. The first-order valence-corrected chi connectivity index (χ1v) is 8.31. The van der Waals surface area contributed by atoms with Crippen molar-refractivity contribution in [2.75, 3.05) is 12.3 Å². The van der Waals surface area contributed by atoms with Gasteiger partial charge in [-0.15, -0.1) is 0 Å². The molecule has 0 aliphatic heterocycles. The molecule has 0 bridgehead atoms. The summed E-state index contributed by atoms with van der Waals surface area (Å²) in [6.07, 6.45) is 7.81. The lowest BCUT2D eigenvalue weighted by molar-refractivity contribution is -0.0574. The normalized spacial score (nSPS) is 17.1. The molecule has 0 unspecified atom stereocenters. The molecule has 1 heterocycles. The van der Waals surface area contributed by atoms with Crippen molar-refractivity contribution in [1.29, 1.82) is 0 Å². The van der Waals surface area contributed by atoms with Crippen molar-refractivity contribution in [2.45, 2.75) is 77.2 Å². The van der Waals surface area contributed by atoms with E-state index < -0.39 is 5.60 Å². The fourth-order valence-corrected chi connectivity index (χ4v) is 3.27. The van der Waals surface area contributed by atoms with Gasteiger partial charge in [0.2, 0.25) is 5.95 Å². The molecular weight excluding hydrogens is 264 g/mol. The number of nitrogen functional groups attached to an aromatic ring is 1. The summed E-state index contributed by atoms with van der Waals surface area (Å²) in [5, 5.41) is 0. The second-order valence-corrected chi connectivity index (χ2v) is 5.84. The molecule has 1 aromatic rings. The van der Waals surface area contributed by atoms with Crippen LogP contribution in [0.2, 0.25) is 0 Å². The molecule has 21 heavy (non-hydrogen) atoms. The van der Waals surface area contributed by atoms with Gasteiger partial charge in [-0.3, -0.25) is 0 Å². The van der Waals surface area contributed by atoms with Crippen molar-refractivity contribution in [3.63, 3.8) is 0 Å². The lowest BCUT2D eigenvalue weighted by Crippen LogP contribution is -2.32. The van der Waals surface area contributed by atoms with E-state index in [2.05, 4.69) is 23.8 Å². The third kappa shape index (κ3) is 3.51. The Morgan fingerprint density at radius 1 is 1.05 bits per heavy atom. The maximum absolute atomic E-state index is 6.00. The van der Waals surface area contributed by atoms with Crippen LogP contribution in [0.1, 0.15) is 83.3 Å². The highest BCUT2D eigenvalue weighted by Crippen LogP contribution is 2.34. The molecule has 5 heteroatoms. The van der Waals surface area contributed by atoms with Crippen molar-refractivity contribution in [2.24, 2.45) is 0 Å². The van der Waals surface area contributed by atoms with Crippen LogP contribution in [0.15, 0.2) is 0 Å². The van der Waals surface area contributed by atoms with Crippen molar-refractivity contribution < 1.29 is 4.74 Å². The van der Waals surface area contributed by atoms with Gasteiger partial charge in [0, 0.05) is 12.5 Å². The Hall–Kier alpha value is -1.23. The maximum atomic E-state index is 6.00. The van der Waals surface area contributed by atoms with Crippen molar-refractivity contribution in [3.05, 3.63) is 11.6 Å². The number of rotatable bonds is 6. The topological polar surface area (TPSA) is 73.9 Å². The SMILES string of the molecule is CCOC(CC)(CC)c1nc(N)nc(C2CCCCC2)n1. The van der Waals surface area contributed by atoms with Crippen LogP contribution in [0, 0.1) is 0 Å². The Bertz CT molecular complexity index is 454. The molecular formula is C16H28N4O. The third-order valence-electron chi connectivity index (χ3n) is 4.61. The number of aromatic nitrogens is 3. The summed E-state index contributed by atoms with van der Waals surface area (Å²) < 4.78 is 6.00. The summed E-state index contributed by atoms with van der Waals surface area (Å²) in [6, 6.07) is 0. The average molecular weight is 292 g/mol. The van der Waals surface area contributed by atoms with Crippen LogP contribution in [0.3, 0.4) is 0 Å². The second-order valence-electron chi connectivity index (χ2n) is 5.84. The number of hydrogen-bond donors (Lipinski definition) is 1. The Morgan fingerprint density at radius 3 is 2.29 bits per heavy atom. The van der Waals surface area contributed by atoms with Gasteiger partial charge in [0.15, 0.2) is 5.82 Å². The van der Waals surface area contributed by atoms with E-state index >= 15 is 0 Å². The standard InChI is InChI=1S/C16H28N4O/c1-4-16(5-2,21-6-3)14-18-13(19-15(17)20-14)12-10-8-7-9-11-12/h12H,4-11H2,1-3H3,(H2,17,18,19,20). The van der Waals surface area contributed by atoms with Crippen molar-refractivity contribution in [3.8, 4) is 0 Å². The Morgan fingerprint density at radius 2 is 1.71 bits per heavy atom. The van der Waals surface area contributed by atoms with Gasteiger partial charge in [0.05, 0.1) is 0 Å². The van der Waals surface area contributed by atoms with E-state index in [-0.39, 0.29) is 0 Å². The zero-order chi connectivity index (χ0) is 15.3. The first kappa shape index (κ1) is 16.1. The summed E-state index contributed by atoms with van der Waals surface area (Å²) in [4.78, 5) is 13.6. The van der Waals surface area contributed by atoms with Gasteiger partial charge >= 0.3 is 0 Å². The number of nitrogens with two attached hydrogens (primary N) is 1. The maximum Gasteiger partial charge on any atom is 0.223 e. The number of anilines is 1. The quantitative estimate of drug-likeness (QED) is 0.867. The molecule has 2 N–H and O–H groups in total. The minimum absolute atomic E-state index is 0.326. The first-order valence-electron chi connectivity index (χ1n) is 8.31. The third-order valence-corrected chi connectivity index (χ3v) is 4.61. The molecule has 0 aromatic carbocycles. The van der Waals surface area contributed by atoms with E-state index in [0.717, 1.165) is 31.5 Å². The molecule has 1 aliphatic carbocycles. The fourth-order valence-electron chi connectivity index (χ4n) is 3.27. The highest BCUT2D eigenvalue weighted by molar-refractivity contribution is 5.20. The van der Waals surface area contributed by atoms with Crippen molar-refractivity contribution in [1.82, 2.24) is 15.0 Å². The molecule has 5 nitrogen and oxygen atoms in total. The highest BCUT2D eigenvalue weighted by Gasteiger charge is 2.34. The smallest absolute Gasteiger partial charge is 0.223 e. The summed E-state index contributed by atoms with van der Waals surface area (Å²) in [5.41, 5.74) is 5.52. The van der Waals surface area contributed by atoms with Crippen LogP contribution in [0.5, 0.6) is 0 Å². The highest BCUT2D eigenvalue weighted by atomic mass is 16.5. The van der Waals surface area contributed by atoms with Crippen LogP contribution in [-0.2, 0) is 10.3 Å². The largest absolute Gasteiger partial charge is 0.368 e. The van der Waals surface area contributed by atoms with Gasteiger partial charge < -0.3 is 10.5 Å². The van der Waals surface area contributed by atoms with Gasteiger partial charge in [-0.1, -0.05) is 33.1 Å². The van der Waals surface area contributed by atoms with Crippen LogP contribution in [0.4, 0.5) is 5.95 Å². The second kappa shape index (κ2) is 7.16. The van der Waals surface area contributed by atoms with E-state index in [1.807, 2.05) is 6.92 Å². The summed E-state index contributed by atoms with van der Waals surface area (Å²) in [7, 11) is 0. The zero-order valence-electron chi connectivity index (χ0n) is 13.6. The molecule has 0 atom stereocenters. The minimum atomic E-state index is -0.435. The summed E-state index contributed by atoms with van der Waals surface area (Å²) >= 11 is 0. The van der Waals surface area contributed by atoms with Crippen LogP contribution >= 0.6 is 0 Å². The average Bonchev–Trinajstić information content (AvgIpc) is 2.53. The van der Waals surface area contributed by atoms with Crippen LogP contribution < -0.4 is 5.73 Å². The molecule has 0 saturated heterocycles. The predicted molar refractivity (Wildman–Crippen MR) is 84.0 cm³/mol. The molecule has 0 spiro atoms. The predicted octanol–water partition coefficient (Wildman–Crippen LogP) is 3.55. The van der Waals surface area contributed by atoms with Crippen LogP contribution in [-0.4, -0.2) is 21.6 Å². The molecule has 0 radical (unpaired) electrons. The fraction of sp³-hybridized carbons (Fsp3) is 0.812. The Labute approximate surface area is 127 Å². The summed E-state index contributed by atoms with van der Waals surface area (Å²) in [5.74, 6) is 2.33. The molecule has 118 valence electrons. The first-order chi connectivity index (χ1) is 10.1. The molecule has 1 saturated carbocycles. The Balaban J connectivity index is 2.36. The van der Waals surface area contributed by atoms with Crippen molar-refractivity contribution >= 4 is 5.95 Å². The Kier molecular flexibility index (Phi) is 5.51. The molecule has 0 amide bonds. The van der Waals surface area contributed by atoms with Gasteiger partial charge in [0.25, 0.3) is 0 Å². The van der Waals surface area contributed by atoms with Gasteiger partial charge in [-0.2, -0.15) is 9.97 Å². The number of hydrogen-bond acceptors (Lipinski definition) is 5.